The molecule has 1 aromatic heterocycles. The van der Waals surface area contributed by atoms with Crippen molar-refractivity contribution in [3.05, 3.63) is 60.2 Å². The number of aliphatic hydroxyl groups is 1. The Kier molecular flexibility index (Phi) is 10.1. The molecule has 0 aliphatic carbocycles. The molecule has 1 aromatic carbocycles. The van der Waals surface area contributed by atoms with Gasteiger partial charge in [0.15, 0.2) is 0 Å². The first kappa shape index (κ1) is 22.9. The van der Waals surface area contributed by atoms with Gasteiger partial charge in [0.05, 0.1) is 19.0 Å². The maximum Gasteiger partial charge on any atom is 0.328 e. The first-order valence-electron chi connectivity index (χ1n) is 8.81. The lowest BCUT2D eigenvalue weighted by atomic mass is 9.99. The number of hydrogen-bond acceptors (Lipinski definition) is 5. The number of carboxylic acids is 2. The van der Waals surface area contributed by atoms with Gasteiger partial charge in [0.25, 0.3) is 0 Å². The number of hydrogen-bond donors (Lipinski definition) is 4. The van der Waals surface area contributed by atoms with Gasteiger partial charge in [0.1, 0.15) is 5.75 Å². The predicted molar refractivity (Wildman–Crippen MR) is 103 cm³/mol. The smallest absolute Gasteiger partial charge is 0.328 e. The summed E-state index contributed by atoms with van der Waals surface area (Å²) >= 11 is 0. The lowest BCUT2D eigenvalue weighted by Gasteiger charge is -2.15. The number of benzene rings is 1. The molecule has 8 nitrogen and oxygen atoms in total. The Balaban J connectivity index is 0.000000416. The molecule has 0 aliphatic heterocycles. The molecule has 0 saturated carbocycles. The fourth-order valence-electron chi connectivity index (χ4n) is 2.16. The zero-order chi connectivity index (χ0) is 20.9. The first-order valence-corrected chi connectivity index (χ1v) is 8.81. The highest BCUT2D eigenvalue weighted by Crippen LogP contribution is 2.23. The summed E-state index contributed by atoms with van der Waals surface area (Å²) < 4.78 is 5.68. The van der Waals surface area contributed by atoms with E-state index in [1.54, 1.807) is 6.33 Å². The lowest BCUT2D eigenvalue weighted by Crippen LogP contribution is -2.05. The van der Waals surface area contributed by atoms with Crippen molar-refractivity contribution in [2.24, 2.45) is 5.92 Å². The normalized spacial score (nSPS) is 11.7. The van der Waals surface area contributed by atoms with Gasteiger partial charge in [-0.15, -0.1) is 0 Å². The zero-order valence-corrected chi connectivity index (χ0v) is 15.9. The first-order chi connectivity index (χ1) is 13.3. The Labute approximate surface area is 163 Å². The zero-order valence-electron chi connectivity index (χ0n) is 15.9. The van der Waals surface area contributed by atoms with Gasteiger partial charge in [-0.1, -0.05) is 26.0 Å². The summed E-state index contributed by atoms with van der Waals surface area (Å²) in [6, 6.07) is 7.68. The van der Waals surface area contributed by atoms with E-state index in [2.05, 4.69) is 9.97 Å². The fourth-order valence-corrected chi connectivity index (χ4v) is 2.16. The van der Waals surface area contributed by atoms with Crippen LogP contribution in [0.25, 0.3) is 0 Å². The van der Waals surface area contributed by atoms with Crippen molar-refractivity contribution in [3.8, 4) is 5.75 Å². The minimum atomic E-state index is -1.26. The third kappa shape index (κ3) is 9.54. The number of nitrogens with one attached hydrogen (secondary N) is 1. The monoisotopic (exact) mass is 390 g/mol. The largest absolute Gasteiger partial charge is 0.494 e. The van der Waals surface area contributed by atoms with E-state index in [0.29, 0.717) is 18.8 Å². The summed E-state index contributed by atoms with van der Waals surface area (Å²) in [6.07, 6.45) is 6.11. The fraction of sp³-hybridized carbons (Fsp3) is 0.350. The number of imidazole rings is 1. The molecular formula is C20H26N2O6. The van der Waals surface area contributed by atoms with Crippen LogP contribution >= 0.6 is 0 Å². The van der Waals surface area contributed by atoms with E-state index < -0.39 is 18.0 Å². The summed E-state index contributed by atoms with van der Waals surface area (Å²) in [5, 5.41) is 25.6. The highest BCUT2D eigenvalue weighted by atomic mass is 16.5. The van der Waals surface area contributed by atoms with Crippen molar-refractivity contribution in [3.63, 3.8) is 0 Å². The Morgan fingerprint density at radius 3 is 2.21 bits per heavy atom. The molecule has 2 aromatic rings. The minimum Gasteiger partial charge on any atom is -0.494 e. The van der Waals surface area contributed by atoms with Crippen LogP contribution in [0.5, 0.6) is 5.75 Å². The van der Waals surface area contributed by atoms with Crippen LogP contribution in [0, 0.1) is 5.92 Å². The van der Waals surface area contributed by atoms with Crippen molar-refractivity contribution in [2.75, 3.05) is 6.61 Å². The average molecular weight is 390 g/mol. The van der Waals surface area contributed by atoms with E-state index in [1.165, 1.54) is 0 Å². The quantitative estimate of drug-likeness (QED) is 0.382. The number of ether oxygens (including phenoxy) is 1. The number of nitrogens with zero attached hydrogens (tertiary/aromatic N) is 1. The maximum atomic E-state index is 9.96. The second kappa shape index (κ2) is 12.3. The van der Waals surface area contributed by atoms with Gasteiger partial charge in [-0.2, -0.15) is 0 Å². The number of H-pyrrole nitrogens is 1. The van der Waals surface area contributed by atoms with Crippen LogP contribution in [-0.4, -0.2) is 43.8 Å². The van der Waals surface area contributed by atoms with Gasteiger partial charge >= 0.3 is 11.9 Å². The number of carbonyl (C=O) groups is 2. The molecule has 0 saturated heterocycles. The number of rotatable bonds is 9. The summed E-state index contributed by atoms with van der Waals surface area (Å²) in [6.45, 7) is 4.68. The van der Waals surface area contributed by atoms with E-state index in [1.807, 2.05) is 44.3 Å². The Bertz CT molecular complexity index is 723. The van der Waals surface area contributed by atoms with Crippen LogP contribution in [0.1, 0.15) is 37.6 Å². The van der Waals surface area contributed by atoms with E-state index in [0.717, 1.165) is 29.8 Å². The number of aromatic amines is 1. The van der Waals surface area contributed by atoms with Crippen molar-refractivity contribution in [1.82, 2.24) is 9.97 Å². The van der Waals surface area contributed by atoms with Crippen LogP contribution in [0.2, 0.25) is 0 Å². The van der Waals surface area contributed by atoms with Gasteiger partial charge in [-0.3, -0.25) is 0 Å². The van der Waals surface area contributed by atoms with E-state index in [4.69, 9.17) is 14.9 Å². The third-order valence-electron chi connectivity index (χ3n) is 3.64. The number of carboxylic acid groups (broad SMARTS) is 2. The van der Waals surface area contributed by atoms with E-state index in [9.17, 15) is 14.7 Å². The van der Waals surface area contributed by atoms with Crippen LogP contribution in [0.4, 0.5) is 0 Å². The second-order valence-electron chi connectivity index (χ2n) is 6.30. The summed E-state index contributed by atoms with van der Waals surface area (Å²) in [5.41, 5.74) is 2.06. The highest BCUT2D eigenvalue weighted by molar-refractivity contribution is 5.89. The van der Waals surface area contributed by atoms with Crippen molar-refractivity contribution in [1.29, 1.82) is 0 Å². The molecule has 2 rings (SSSR count). The molecule has 1 heterocycles. The molecule has 0 spiro atoms. The van der Waals surface area contributed by atoms with Gasteiger partial charge in [-0.25, -0.2) is 14.6 Å². The molecule has 1 unspecified atom stereocenters. The Morgan fingerprint density at radius 2 is 1.75 bits per heavy atom. The van der Waals surface area contributed by atoms with Gasteiger partial charge in [0, 0.05) is 24.0 Å². The van der Waals surface area contributed by atoms with Gasteiger partial charge < -0.3 is 25.0 Å². The molecule has 152 valence electrons. The molecular weight excluding hydrogens is 364 g/mol. The topological polar surface area (TPSA) is 133 Å². The maximum absolute atomic E-state index is 9.96. The molecule has 0 bridgehead atoms. The summed E-state index contributed by atoms with van der Waals surface area (Å²) in [5.74, 6) is -1.45. The van der Waals surface area contributed by atoms with E-state index in [-0.39, 0.29) is 5.92 Å². The predicted octanol–water partition coefficient (Wildman–Crippen LogP) is 2.82. The molecule has 0 aliphatic rings. The van der Waals surface area contributed by atoms with Gasteiger partial charge in [-0.05, 0) is 36.5 Å². The lowest BCUT2D eigenvalue weighted by molar-refractivity contribution is -0.134. The van der Waals surface area contributed by atoms with Crippen LogP contribution in [-0.2, 0) is 16.0 Å². The molecule has 0 amide bonds. The highest BCUT2D eigenvalue weighted by Gasteiger charge is 2.11. The summed E-state index contributed by atoms with van der Waals surface area (Å²) in [4.78, 5) is 26.2. The standard InChI is InChI=1S/C16H22N2O2.C4H4O4/c1-12(2)16(19)13-5-7-15(8-6-13)20-9-3-4-14-10-17-11-18-14;5-3(6)1-2-4(7)8/h5-8,10-12,16,19H,3-4,9H2,1-2H3,(H,17,18);1-2H,(H,5,6)(H,7,8)/b;2-1-. The number of aliphatic carboxylic acids is 2. The Morgan fingerprint density at radius 1 is 1.14 bits per heavy atom. The number of aryl methyl sites for hydroxylation is 1. The molecule has 1 atom stereocenters. The van der Waals surface area contributed by atoms with Crippen molar-refractivity contribution < 1.29 is 29.6 Å². The second-order valence-corrected chi connectivity index (χ2v) is 6.30. The van der Waals surface area contributed by atoms with E-state index >= 15 is 0 Å². The average Bonchev–Trinajstić information content (AvgIpc) is 3.17. The summed E-state index contributed by atoms with van der Waals surface area (Å²) in [7, 11) is 0. The number of aliphatic hydroxyl groups excluding tert-OH is 1. The minimum absolute atomic E-state index is 0.219. The number of aromatic nitrogens is 2. The molecule has 8 heteroatoms. The van der Waals surface area contributed by atoms with Crippen LogP contribution in [0.3, 0.4) is 0 Å². The molecule has 4 N–H and O–H groups in total. The Hall–Kier alpha value is -3.13. The molecule has 28 heavy (non-hydrogen) atoms. The molecule has 0 radical (unpaired) electrons. The molecule has 0 fully saturated rings. The third-order valence-corrected chi connectivity index (χ3v) is 3.64. The van der Waals surface area contributed by atoms with Crippen molar-refractivity contribution in [2.45, 2.75) is 32.8 Å². The van der Waals surface area contributed by atoms with Crippen LogP contribution < -0.4 is 4.74 Å². The SMILES string of the molecule is CC(C)C(O)c1ccc(OCCCc2cnc[nH]2)cc1.O=C(O)/C=C\C(=O)O. The van der Waals surface area contributed by atoms with Crippen LogP contribution in [0.15, 0.2) is 48.9 Å². The van der Waals surface area contributed by atoms with Crippen molar-refractivity contribution >= 4 is 11.9 Å². The van der Waals surface area contributed by atoms with Gasteiger partial charge in [0.2, 0.25) is 0 Å².